The van der Waals surface area contributed by atoms with Crippen LogP contribution in [0.25, 0.3) is 6.08 Å². The first-order chi connectivity index (χ1) is 15.7. The van der Waals surface area contributed by atoms with Crippen molar-refractivity contribution in [1.29, 1.82) is 0 Å². The van der Waals surface area contributed by atoms with Crippen LogP contribution in [0.15, 0.2) is 48.5 Å². The summed E-state index contributed by atoms with van der Waals surface area (Å²) in [6.45, 7) is 10.5. The Morgan fingerprint density at radius 1 is 0.848 bits per heavy atom. The molecule has 0 aliphatic heterocycles. The number of hydrogen-bond acceptors (Lipinski definition) is 6. The van der Waals surface area contributed by atoms with Gasteiger partial charge in [0.25, 0.3) is 0 Å². The number of benzene rings is 2. The van der Waals surface area contributed by atoms with Gasteiger partial charge in [0.15, 0.2) is 5.78 Å². The third kappa shape index (κ3) is 8.64. The van der Waals surface area contributed by atoms with Crippen molar-refractivity contribution in [2.24, 2.45) is 5.41 Å². The summed E-state index contributed by atoms with van der Waals surface area (Å²) in [7, 11) is 0. The van der Waals surface area contributed by atoms with Crippen LogP contribution in [0, 0.1) is 5.41 Å². The Bertz CT molecular complexity index is 938. The Hall–Kier alpha value is -3.28. The molecule has 0 spiro atoms. The molecule has 0 N–H and O–H groups in total. The molecule has 2 aromatic carbocycles. The third-order valence-electron chi connectivity index (χ3n) is 4.50. The lowest BCUT2D eigenvalue weighted by atomic mass is 9.98. The summed E-state index contributed by atoms with van der Waals surface area (Å²) in [5.41, 5.74) is 0.737. The summed E-state index contributed by atoms with van der Waals surface area (Å²) in [6.07, 6.45) is 5.06. The Kier molecular flexibility index (Phi) is 9.98. The van der Waals surface area contributed by atoms with E-state index in [2.05, 4.69) is 6.92 Å². The van der Waals surface area contributed by atoms with Crippen LogP contribution in [0.4, 0.5) is 0 Å². The fourth-order valence-corrected chi connectivity index (χ4v) is 2.64. The van der Waals surface area contributed by atoms with E-state index >= 15 is 0 Å². The van der Waals surface area contributed by atoms with Gasteiger partial charge >= 0.3 is 5.97 Å². The summed E-state index contributed by atoms with van der Waals surface area (Å²) < 4.78 is 22.0. The normalized spacial score (nSPS) is 11.3. The SMILES string of the molecule is CCCOc1ccc(/C=C/C(=O)c2ccc(OCOC(=O)C(C)(C)C)cc2)c(OCCC)c1. The molecule has 2 rings (SSSR count). The maximum absolute atomic E-state index is 12.6. The predicted octanol–water partition coefficient (Wildman–Crippen LogP) is 6.09. The number of hydrogen-bond donors (Lipinski definition) is 0. The molecule has 0 amide bonds. The van der Waals surface area contributed by atoms with Gasteiger partial charge in [-0.2, -0.15) is 0 Å². The zero-order valence-electron chi connectivity index (χ0n) is 20.2. The van der Waals surface area contributed by atoms with Gasteiger partial charge in [0.2, 0.25) is 6.79 Å². The second-order valence-electron chi connectivity index (χ2n) is 8.56. The number of allylic oxidation sites excluding steroid dienone is 1. The van der Waals surface area contributed by atoms with E-state index in [-0.39, 0.29) is 18.5 Å². The fraction of sp³-hybridized carbons (Fsp3) is 0.407. The van der Waals surface area contributed by atoms with E-state index in [1.165, 1.54) is 6.08 Å². The molecule has 6 heteroatoms. The fourth-order valence-electron chi connectivity index (χ4n) is 2.64. The Balaban J connectivity index is 2.01. The predicted molar refractivity (Wildman–Crippen MR) is 129 cm³/mol. The van der Waals surface area contributed by atoms with Crippen molar-refractivity contribution in [3.05, 3.63) is 59.7 Å². The molecular weight excluding hydrogens is 420 g/mol. The lowest BCUT2D eigenvalue weighted by Gasteiger charge is -2.16. The number of carbonyl (C=O) groups excluding carboxylic acids is 2. The van der Waals surface area contributed by atoms with Crippen molar-refractivity contribution in [3.63, 3.8) is 0 Å². The summed E-state index contributed by atoms with van der Waals surface area (Å²) >= 11 is 0. The average molecular weight is 455 g/mol. The average Bonchev–Trinajstić information content (AvgIpc) is 2.80. The van der Waals surface area contributed by atoms with Gasteiger partial charge in [0.05, 0.1) is 18.6 Å². The van der Waals surface area contributed by atoms with Crippen molar-refractivity contribution < 1.29 is 28.5 Å². The molecule has 0 fully saturated rings. The van der Waals surface area contributed by atoms with Gasteiger partial charge < -0.3 is 18.9 Å². The molecule has 0 aromatic heterocycles. The Labute approximate surface area is 196 Å². The van der Waals surface area contributed by atoms with Gasteiger partial charge in [-0.3, -0.25) is 9.59 Å². The first kappa shape index (κ1) is 26.0. The minimum atomic E-state index is -0.587. The monoisotopic (exact) mass is 454 g/mol. The van der Waals surface area contributed by atoms with Crippen LogP contribution in [0.1, 0.15) is 63.4 Å². The van der Waals surface area contributed by atoms with Gasteiger partial charge in [-0.05, 0) is 82.2 Å². The molecule has 0 unspecified atom stereocenters. The largest absolute Gasteiger partial charge is 0.493 e. The van der Waals surface area contributed by atoms with Gasteiger partial charge in [-0.1, -0.05) is 13.8 Å². The maximum atomic E-state index is 12.6. The molecule has 2 aromatic rings. The maximum Gasteiger partial charge on any atom is 0.314 e. The number of ketones is 1. The highest BCUT2D eigenvalue weighted by molar-refractivity contribution is 6.07. The van der Waals surface area contributed by atoms with E-state index in [1.807, 2.05) is 25.1 Å². The highest BCUT2D eigenvalue weighted by Gasteiger charge is 2.23. The number of carbonyl (C=O) groups is 2. The topological polar surface area (TPSA) is 71.1 Å². The van der Waals surface area contributed by atoms with Gasteiger partial charge in [0.1, 0.15) is 17.2 Å². The van der Waals surface area contributed by atoms with E-state index in [0.717, 1.165) is 24.2 Å². The van der Waals surface area contributed by atoms with Crippen LogP contribution in [-0.2, 0) is 9.53 Å². The Morgan fingerprint density at radius 2 is 1.48 bits per heavy atom. The van der Waals surface area contributed by atoms with E-state index in [1.54, 1.807) is 51.1 Å². The first-order valence-corrected chi connectivity index (χ1v) is 11.3. The van der Waals surface area contributed by atoms with Crippen molar-refractivity contribution in [2.75, 3.05) is 20.0 Å². The molecule has 0 radical (unpaired) electrons. The molecule has 0 atom stereocenters. The number of esters is 1. The number of rotatable bonds is 12. The summed E-state index contributed by atoms with van der Waals surface area (Å²) in [5.74, 6) is 1.45. The lowest BCUT2D eigenvalue weighted by molar-refractivity contribution is -0.159. The van der Waals surface area contributed by atoms with Crippen LogP contribution in [0.3, 0.4) is 0 Å². The van der Waals surface area contributed by atoms with E-state index < -0.39 is 5.41 Å². The molecule has 178 valence electrons. The van der Waals surface area contributed by atoms with E-state index in [4.69, 9.17) is 18.9 Å². The van der Waals surface area contributed by atoms with Gasteiger partial charge in [0, 0.05) is 17.2 Å². The molecule has 0 aliphatic rings. The molecule has 0 bridgehead atoms. The Morgan fingerprint density at radius 3 is 2.12 bits per heavy atom. The second kappa shape index (κ2) is 12.7. The molecule has 6 nitrogen and oxygen atoms in total. The highest BCUT2D eigenvalue weighted by atomic mass is 16.7. The summed E-state index contributed by atoms with van der Waals surface area (Å²) in [4.78, 5) is 24.4. The van der Waals surface area contributed by atoms with E-state index in [9.17, 15) is 9.59 Å². The van der Waals surface area contributed by atoms with E-state index in [0.29, 0.717) is 30.3 Å². The molecule has 0 heterocycles. The highest BCUT2D eigenvalue weighted by Crippen LogP contribution is 2.27. The zero-order chi connectivity index (χ0) is 24.3. The van der Waals surface area contributed by atoms with Gasteiger partial charge in [-0.15, -0.1) is 0 Å². The van der Waals surface area contributed by atoms with Crippen LogP contribution in [-0.4, -0.2) is 31.8 Å². The summed E-state index contributed by atoms with van der Waals surface area (Å²) in [5, 5.41) is 0. The lowest BCUT2D eigenvalue weighted by Crippen LogP contribution is -2.24. The van der Waals surface area contributed by atoms with Crippen molar-refractivity contribution in [1.82, 2.24) is 0 Å². The van der Waals surface area contributed by atoms with Crippen molar-refractivity contribution in [2.45, 2.75) is 47.5 Å². The number of ether oxygens (including phenoxy) is 4. The third-order valence-corrected chi connectivity index (χ3v) is 4.50. The molecule has 33 heavy (non-hydrogen) atoms. The van der Waals surface area contributed by atoms with Crippen LogP contribution < -0.4 is 14.2 Å². The quantitative estimate of drug-likeness (QED) is 0.167. The van der Waals surface area contributed by atoms with Crippen LogP contribution >= 0.6 is 0 Å². The van der Waals surface area contributed by atoms with Crippen LogP contribution in [0.2, 0.25) is 0 Å². The minimum absolute atomic E-state index is 0.145. The van der Waals surface area contributed by atoms with Crippen molar-refractivity contribution in [3.8, 4) is 17.2 Å². The van der Waals surface area contributed by atoms with Crippen molar-refractivity contribution >= 4 is 17.8 Å². The van der Waals surface area contributed by atoms with Gasteiger partial charge in [-0.25, -0.2) is 0 Å². The zero-order valence-corrected chi connectivity index (χ0v) is 20.2. The summed E-state index contributed by atoms with van der Waals surface area (Å²) in [6, 6.07) is 12.3. The molecule has 0 aliphatic carbocycles. The molecular formula is C27H34O6. The van der Waals surface area contributed by atoms with Crippen LogP contribution in [0.5, 0.6) is 17.2 Å². The molecule has 0 saturated heterocycles. The standard InChI is InChI=1S/C27H34O6/c1-6-16-30-23-14-10-21(25(18-23)31-17-7-2)11-15-24(28)20-8-12-22(13-9-20)32-19-33-26(29)27(3,4)5/h8-15,18H,6-7,16-17,19H2,1-5H3/b15-11+. The first-order valence-electron chi connectivity index (χ1n) is 11.3. The second-order valence-corrected chi connectivity index (χ2v) is 8.56. The smallest absolute Gasteiger partial charge is 0.314 e. The minimum Gasteiger partial charge on any atom is -0.493 e. The molecule has 0 saturated carbocycles.